The van der Waals surface area contributed by atoms with E-state index in [-0.39, 0.29) is 0 Å². The summed E-state index contributed by atoms with van der Waals surface area (Å²) in [7, 11) is 0. The molecule has 1 aliphatic carbocycles. The number of halogens is 3. The van der Waals surface area contributed by atoms with E-state index in [1.54, 1.807) is 0 Å². The predicted octanol–water partition coefficient (Wildman–Crippen LogP) is 6.05. The molecule has 20 heavy (non-hydrogen) atoms. The molecule has 0 radical (unpaired) electrons. The zero-order valence-electron chi connectivity index (χ0n) is 11.1. The Bertz CT molecular complexity index is 588. The molecular weight excluding hydrogens is 403 g/mol. The third kappa shape index (κ3) is 4.51. The van der Waals surface area contributed by atoms with Gasteiger partial charge in [-0.2, -0.15) is 0 Å². The van der Waals surface area contributed by atoms with Crippen LogP contribution in [0.2, 0.25) is 5.02 Å². The fourth-order valence-corrected chi connectivity index (χ4v) is 3.00. The molecule has 0 aliphatic heterocycles. The van der Waals surface area contributed by atoms with Crippen molar-refractivity contribution in [3.8, 4) is 0 Å². The number of hydrogen-bond acceptors (Lipinski definition) is 1. The van der Waals surface area contributed by atoms with Crippen LogP contribution in [0.5, 0.6) is 0 Å². The molecule has 0 unspecified atom stereocenters. The maximum Gasteiger partial charge on any atom is 0.134 e. The lowest BCUT2D eigenvalue weighted by Crippen LogP contribution is -1.99. The highest BCUT2D eigenvalue weighted by Crippen LogP contribution is 2.26. The minimum Gasteiger partial charge on any atom is -0.492 e. The van der Waals surface area contributed by atoms with E-state index in [1.165, 1.54) is 5.56 Å². The molecular formula is C16H15Br2ClO. The Kier molecular flexibility index (Phi) is 5.94. The molecule has 1 aromatic carbocycles. The summed E-state index contributed by atoms with van der Waals surface area (Å²) in [6.07, 6.45) is 7.77. The van der Waals surface area contributed by atoms with Crippen molar-refractivity contribution in [1.29, 1.82) is 0 Å². The molecule has 0 heterocycles. The minimum atomic E-state index is 0.595. The summed E-state index contributed by atoms with van der Waals surface area (Å²) < 4.78 is 7.91. The fraction of sp³-hybridized carbons (Fsp3) is 0.250. The van der Waals surface area contributed by atoms with Crippen molar-refractivity contribution in [2.24, 2.45) is 0 Å². The lowest BCUT2D eigenvalue weighted by atomic mass is 10.1. The van der Waals surface area contributed by atoms with Gasteiger partial charge in [0.05, 0.1) is 11.1 Å². The lowest BCUT2D eigenvalue weighted by Gasteiger charge is -2.10. The van der Waals surface area contributed by atoms with Gasteiger partial charge in [0.2, 0.25) is 0 Å². The van der Waals surface area contributed by atoms with Gasteiger partial charge in [0.15, 0.2) is 0 Å². The van der Waals surface area contributed by atoms with Crippen LogP contribution in [-0.2, 0) is 11.2 Å². The van der Waals surface area contributed by atoms with E-state index in [2.05, 4.69) is 50.1 Å². The molecule has 0 spiro atoms. The number of allylic oxidation sites excluding steroid dienone is 5. The molecule has 0 N–H and O–H groups in total. The van der Waals surface area contributed by atoms with Gasteiger partial charge in [-0.05, 0) is 58.6 Å². The van der Waals surface area contributed by atoms with Crippen LogP contribution in [-0.4, -0.2) is 6.61 Å². The summed E-state index contributed by atoms with van der Waals surface area (Å²) in [6.45, 7) is 2.63. The summed E-state index contributed by atoms with van der Waals surface area (Å²) in [6, 6.07) is 6.11. The van der Waals surface area contributed by atoms with Gasteiger partial charge in [-0.3, -0.25) is 0 Å². The largest absolute Gasteiger partial charge is 0.492 e. The van der Waals surface area contributed by atoms with Gasteiger partial charge in [-0.25, -0.2) is 0 Å². The van der Waals surface area contributed by atoms with Crippen molar-refractivity contribution in [1.82, 2.24) is 0 Å². The van der Waals surface area contributed by atoms with Crippen molar-refractivity contribution in [2.75, 3.05) is 6.61 Å². The lowest BCUT2D eigenvalue weighted by molar-refractivity contribution is 0.228. The van der Waals surface area contributed by atoms with E-state index in [0.29, 0.717) is 6.61 Å². The zero-order chi connectivity index (χ0) is 14.5. The average molecular weight is 419 g/mol. The quantitative estimate of drug-likeness (QED) is 0.578. The zero-order valence-corrected chi connectivity index (χ0v) is 15.1. The van der Waals surface area contributed by atoms with Crippen LogP contribution < -0.4 is 0 Å². The molecule has 1 aliphatic rings. The van der Waals surface area contributed by atoms with E-state index in [0.717, 1.165) is 38.2 Å². The van der Waals surface area contributed by atoms with Gasteiger partial charge >= 0.3 is 0 Å². The van der Waals surface area contributed by atoms with Crippen molar-refractivity contribution < 1.29 is 4.74 Å². The molecule has 4 heteroatoms. The molecule has 1 aromatic rings. The van der Waals surface area contributed by atoms with Crippen LogP contribution in [0.4, 0.5) is 0 Å². The maximum absolute atomic E-state index is 6.22. The molecule has 0 saturated heterocycles. The number of aryl methyl sites for hydroxylation is 1. The molecule has 0 atom stereocenters. The number of benzene rings is 1. The van der Waals surface area contributed by atoms with Crippen molar-refractivity contribution in [3.63, 3.8) is 0 Å². The first kappa shape index (κ1) is 15.9. The molecule has 0 aromatic heterocycles. The topological polar surface area (TPSA) is 9.23 Å². The Hall–Kier alpha value is -0.510. The maximum atomic E-state index is 6.22. The van der Waals surface area contributed by atoms with Crippen LogP contribution in [0, 0.1) is 6.92 Å². The summed E-state index contributed by atoms with van der Waals surface area (Å²) in [5.74, 6) is 0.842. The van der Waals surface area contributed by atoms with Gasteiger partial charge in [-0.1, -0.05) is 45.7 Å². The SMILES string of the molecule is Cc1ccc(CCOC2=C(Br)C=CCC(Br)=C2)c(Cl)c1. The van der Waals surface area contributed by atoms with Crippen LogP contribution >= 0.6 is 43.5 Å². The summed E-state index contributed by atoms with van der Waals surface area (Å²) in [5.41, 5.74) is 2.28. The predicted molar refractivity (Wildman–Crippen MR) is 92.6 cm³/mol. The monoisotopic (exact) mass is 416 g/mol. The second-order valence-electron chi connectivity index (χ2n) is 4.60. The molecule has 0 saturated carbocycles. The first-order valence-corrected chi connectivity index (χ1v) is 8.33. The first-order valence-electron chi connectivity index (χ1n) is 6.36. The second kappa shape index (κ2) is 7.48. The molecule has 0 fully saturated rings. The summed E-state index contributed by atoms with van der Waals surface area (Å²) in [5, 5.41) is 0.805. The smallest absolute Gasteiger partial charge is 0.134 e. The van der Waals surface area contributed by atoms with E-state index < -0.39 is 0 Å². The van der Waals surface area contributed by atoms with Crippen molar-refractivity contribution in [3.05, 3.63) is 67.3 Å². The Morgan fingerprint density at radius 3 is 2.85 bits per heavy atom. The number of ether oxygens (including phenoxy) is 1. The average Bonchev–Trinajstić information content (AvgIpc) is 2.54. The highest BCUT2D eigenvalue weighted by atomic mass is 79.9. The molecule has 1 nitrogen and oxygen atoms in total. The Labute approximate surface area is 141 Å². The van der Waals surface area contributed by atoms with Crippen LogP contribution in [0.15, 0.2) is 51.2 Å². The summed E-state index contributed by atoms with van der Waals surface area (Å²) in [4.78, 5) is 0. The van der Waals surface area contributed by atoms with Gasteiger partial charge < -0.3 is 4.74 Å². The third-order valence-corrected chi connectivity index (χ3v) is 4.50. The number of hydrogen-bond donors (Lipinski definition) is 0. The van der Waals surface area contributed by atoms with Gasteiger partial charge in [-0.15, -0.1) is 0 Å². The van der Waals surface area contributed by atoms with Gasteiger partial charge in [0.1, 0.15) is 5.76 Å². The molecule has 0 bridgehead atoms. The molecule has 2 rings (SSSR count). The number of rotatable bonds is 4. The normalized spacial score (nSPS) is 15.1. The molecule has 0 amide bonds. The third-order valence-electron chi connectivity index (χ3n) is 2.94. The second-order valence-corrected chi connectivity index (χ2v) is 6.88. The van der Waals surface area contributed by atoms with Crippen LogP contribution in [0.25, 0.3) is 0 Å². The molecule has 106 valence electrons. The van der Waals surface area contributed by atoms with E-state index in [1.807, 2.05) is 25.1 Å². The van der Waals surface area contributed by atoms with E-state index in [4.69, 9.17) is 16.3 Å². The highest BCUT2D eigenvalue weighted by molar-refractivity contribution is 9.12. The fourth-order valence-electron chi connectivity index (χ4n) is 1.86. The van der Waals surface area contributed by atoms with Gasteiger partial charge in [0, 0.05) is 15.9 Å². The summed E-state index contributed by atoms with van der Waals surface area (Å²) >= 11 is 13.3. The first-order chi connectivity index (χ1) is 9.56. The standard InChI is InChI=1S/C16H15Br2ClO/c1-11-5-6-12(15(19)9-11)7-8-20-16-10-13(17)3-2-4-14(16)18/h2,4-6,9-10H,3,7-8H2,1H3. The van der Waals surface area contributed by atoms with E-state index >= 15 is 0 Å². The Morgan fingerprint density at radius 2 is 2.10 bits per heavy atom. The Balaban J connectivity index is 1.99. The van der Waals surface area contributed by atoms with Crippen LogP contribution in [0.3, 0.4) is 0 Å². The highest BCUT2D eigenvalue weighted by Gasteiger charge is 2.07. The minimum absolute atomic E-state index is 0.595. The van der Waals surface area contributed by atoms with Gasteiger partial charge in [0.25, 0.3) is 0 Å². The van der Waals surface area contributed by atoms with Crippen LogP contribution in [0.1, 0.15) is 17.5 Å². The van der Waals surface area contributed by atoms with Crippen molar-refractivity contribution >= 4 is 43.5 Å². The van der Waals surface area contributed by atoms with E-state index in [9.17, 15) is 0 Å². The Morgan fingerprint density at radius 1 is 1.30 bits per heavy atom. The van der Waals surface area contributed by atoms with Crippen molar-refractivity contribution in [2.45, 2.75) is 19.8 Å².